The Labute approximate surface area is 119 Å². The van der Waals surface area contributed by atoms with Gasteiger partial charge < -0.3 is 10.6 Å². The lowest BCUT2D eigenvalue weighted by Gasteiger charge is -2.34. The molecular formula is C14H20ClN3O. The van der Waals surface area contributed by atoms with Gasteiger partial charge in [-0.05, 0) is 37.7 Å². The van der Waals surface area contributed by atoms with Crippen molar-refractivity contribution >= 4 is 17.5 Å². The predicted octanol–water partition coefficient (Wildman–Crippen LogP) is 1.45. The summed E-state index contributed by atoms with van der Waals surface area (Å²) in [5, 5.41) is 0.604. The molecule has 0 unspecified atom stereocenters. The zero-order chi connectivity index (χ0) is 13.7. The van der Waals surface area contributed by atoms with Gasteiger partial charge in [0.1, 0.15) is 0 Å². The first-order valence-electron chi connectivity index (χ1n) is 6.68. The van der Waals surface area contributed by atoms with E-state index >= 15 is 0 Å². The summed E-state index contributed by atoms with van der Waals surface area (Å²) in [6.07, 6.45) is 1.02. The van der Waals surface area contributed by atoms with Crippen molar-refractivity contribution in [2.24, 2.45) is 5.73 Å². The number of carbonyl (C=O) groups excluding carboxylic acids is 1. The molecule has 1 aromatic rings. The number of amides is 1. The van der Waals surface area contributed by atoms with Gasteiger partial charge in [0.25, 0.3) is 5.91 Å². The van der Waals surface area contributed by atoms with Crippen LogP contribution in [-0.2, 0) is 0 Å². The fourth-order valence-electron chi connectivity index (χ4n) is 2.29. The van der Waals surface area contributed by atoms with Gasteiger partial charge in [0.05, 0.1) is 0 Å². The van der Waals surface area contributed by atoms with Crippen LogP contribution in [0, 0.1) is 0 Å². The van der Waals surface area contributed by atoms with Gasteiger partial charge in [-0.3, -0.25) is 9.69 Å². The molecule has 1 fully saturated rings. The van der Waals surface area contributed by atoms with Crippen LogP contribution in [0.4, 0.5) is 0 Å². The lowest BCUT2D eigenvalue weighted by molar-refractivity contribution is 0.0636. The molecule has 2 rings (SSSR count). The molecule has 0 radical (unpaired) electrons. The van der Waals surface area contributed by atoms with E-state index in [0.29, 0.717) is 10.6 Å². The van der Waals surface area contributed by atoms with Gasteiger partial charge in [-0.15, -0.1) is 0 Å². The average molecular weight is 282 g/mol. The number of nitrogens with two attached hydrogens (primary N) is 1. The third kappa shape index (κ3) is 3.93. The molecule has 1 aliphatic heterocycles. The summed E-state index contributed by atoms with van der Waals surface area (Å²) in [6.45, 7) is 5.14. The van der Waals surface area contributed by atoms with Crippen molar-refractivity contribution in [1.82, 2.24) is 9.80 Å². The zero-order valence-electron chi connectivity index (χ0n) is 11.0. The second kappa shape index (κ2) is 6.89. The molecule has 19 heavy (non-hydrogen) atoms. The van der Waals surface area contributed by atoms with E-state index < -0.39 is 0 Å². The fourth-order valence-corrected chi connectivity index (χ4v) is 2.48. The van der Waals surface area contributed by atoms with Gasteiger partial charge in [-0.25, -0.2) is 0 Å². The summed E-state index contributed by atoms with van der Waals surface area (Å²) in [5.74, 6) is 0.0703. The standard InChI is InChI=1S/C14H20ClN3O/c15-13-4-1-3-12(11-13)14(19)18-9-7-17(8-10-18)6-2-5-16/h1,3-4,11H,2,5-10,16H2. The van der Waals surface area contributed by atoms with E-state index in [9.17, 15) is 4.79 Å². The van der Waals surface area contributed by atoms with Crippen molar-refractivity contribution < 1.29 is 4.79 Å². The Bertz CT molecular complexity index is 430. The first kappa shape index (κ1) is 14.3. The first-order chi connectivity index (χ1) is 9.20. The van der Waals surface area contributed by atoms with Crippen LogP contribution in [-0.4, -0.2) is 55.0 Å². The van der Waals surface area contributed by atoms with Crippen LogP contribution >= 0.6 is 11.6 Å². The van der Waals surface area contributed by atoms with Gasteiger partial charge in [0.15, 0.2) is 0 Å². The first-order valence-corrected chi connectivity index (χ1v) is 7.06. The molecule has 0 spiro atoms. The number of rotatable bonds is 4. The summed E-state index contributed by atoms with van der Waals surface area (Å²) < 4.78 is 0. The predicted molar refractivity (Wildman–Crippen MR) is 77.5 cm³/mol. The van der Waals surface area contributed by atoms with Crippen molar-refractivity contribution in [1.29, 1.82) is 0 Å². The summed E-state index contributed by atoms with van der Waals surface area (Å²) in [7, 11) is 0. The molecule has 1 aliphatic rings. The van der Waals surface area contributed by atoms with Gasteiger partial charge in [0.2, 0.25) is 0 Å². The van der Waals surface area contributed by atoms with E-state index in [1.807, 2.05) is 17.0 Å². The second-order valence-corrected chi connectivity index (χ2v) is 5.22. The van der Waals surface area contributed by atoms with Crippen molar-refractivity contribution in [3.63, 3.8) is 0 Å². The topological polar surface area (TPSA) is 49.6 Å². The Morgan fingerprint density at radius 3 is 2.63 bits per heavy atom. The van der Waals surface area contributed by atoms with E-state index in [1.165, 1.54) is 0 Å². The summed E-state index contributed by atoms with van der Waals surface area (Å²) in [6, 6.07) is 7.13. The molecule has 0 saturated carbocycles. The maximum atomic E-state index is 12.3. The molecule has 2 N–H and O–H groups in total. The number of hydrogen-bond donors (Lipinski definition) is 1. The van der Waals surface area contributed by atoms with Crippen LogP contribution in [0.25, 0.3) is 0 Å². The van der Waals surface area contributed by atoms with E-state index in [1.54, 1.807) is 12.1 Å². The number of benzene rings is 1. The minimum Gasteiger partial charge on any atom is -0.336 e. The van der Waals surface area contributed by atoms with Crippen LogP contribution in [0.5, 0.6) is 0 Å². The molecule has 1 heterocycles. The van der Waals surface area contributed by atoms with Crippen molar-refractivity contribution in [3.8, 4) is 0 Å². The fraction of sp³-hybridized carbons (Fsp3) is 0.500. The van der Waals surface area contributed by atoms with E-state index in [0.717, 1.165) is 45.7 Å². The highest BCUT2D eigenvalue weighted by Gasteiger charge is 2.21. The number of hydrogen-bond acceptors (Lipinski definition) is 3. The largest absolute Gasteiger partial charge is 0.336 e. The maximum Gasteiger partial charge on any atom is 0.253 e. The highest BCUT2D eigenvalue weighted by atomic mass is 35.5. The molecule has 1 saturated heterocycles. The Balaban J connectivity index is 1.89. The van der Waals surface area contributed by atoms with Crippen LogP contribution in [0.15, 0.2) is 24.3 Å². The minimum absolute atomic E-state index is 0.0703. The van der Waals surface area contributed by atoms with Crippen LogP contribution in [0.3, 0.4) is 0 Å². The molecule has 104 valence electrons. The van der Waals surface area contributed by atoms with Crippen LogP contribution in [0.1, 0.15) is 16.8 Å². The van der Waals surface area contributed by atoms with Crippen molar-refractivity contribution in [2.45, 2.75) is 6.42 Å². The number of carbonyl (C=O) groups is 1. The monoisotopic (exact) mass is 281 g/mol. The highest BCUT2D eigenvalue weighted by Crippen LogP contribution is 2.14. The number of nitrogens with zero attached hydrogens (tertiary/aromatic N) is 2. The Kier molecular flexibility index (Phi) is 5.19. The highest BCUT2D eigenvalue weighted by molar-refractivity contribution is 6.30. The SMILES string of the molecule is NCCCN1CCN(C(=O)c2cccc(Cl)c2)CC1. The Morgan fingerprint density at radius 2 is 2.00 bits per heavy atom. The molecular weight excluding hydrogens is 262 g/mol. The normalized spacial score (nSPS) is 16.6. The third-order valence-corrected chi connectivity index (χ3v) is 3.64. The second-order valence-electron chi connectivity index (χ2n) is 4.79. The number of piperazine rings is 1. The maximum absolute atomic E-state index is 12.3. The lowest BCUT2D eigenvalue weighted by atomic mass is 10.2. The van der Waals surface area contributed by atoms with Crippen LogP contribution in [0.2, 0.25) is 5.02 Å². The molecule has 0 bridgehead atoms. The lowest BCUT2D eigenvalue weighted by Crippen LogP contribution is -2.49. The molecule has 0 aromatic heterocycles. The van der Waals surface area contributed by atoms with Gasteiger partial charge in [-0.1, -0.05) is 17.7 Å². The van der Waals surface area contributed by atoms with Gasteiger partial charge in [0, 0.05) is 36.8 Å². The van der Waals surface area contributed by atoms with Crippen molar-refractivity contribution in [2.75, 3.05) is 39.3 Å². The van der Waals surface area contributed by atoms with E-state index in [2.05, 4.69) is 4.90 Å². The minimum atomic E-state index is 0.0703. The summed E-state index contributed by atoms with van der Waals surface area (Å²) in [5.41, 5.74) is 6.18. The molecule has 4 nitrogen and oxygen atoms in total. The summed E-state index contributed by atoms with van der Waals surface area (Å²) in [4.78, 5) is 16.6. The van der Waals surface area contributed by atoms with Gasteiger partial charge in [-0.2, -0.15) is 0 Å². The molecule has 1 amide bonds. The molecule has 0 aliphatic carbocycles. The van der Waals surface area contributed by atoms with E-state index in [-0.39, 0.29) is 5.91 Å². The average Bonchev–Trinajstić information content (AvgIpc) is 2.45. The van der Waals surface area contributed by atoms with Crippen molar-refractivity contribution in [3.05, 3.63) is 34.9 Å². The molecule has 5 heteroatoms. The number of halogens is 1. The zero-order valence-corrected chi connectivity index (χ0v) is 11.8. The summed E-state index contributed by atoms with van der Waals surface area (Å²) >= 11 is 5.92. The molecule has 1 aromatic carbocycles. The third-order valence-electron chi connectivity index (χ3n) is 3.41. The smallest absolute Gasteiger partial charge is 0.253 e. The Morgan fingerprint density at radius 1 is 1.26 bits per heavy atom. The Hall–Kier alpha value is -1.10. The molecule has 0 atom stereocenters. The quantitative estimate of drug-likeness (QED) is 0.909. The van der Waals surface area contributed by atoms with E-state index in [4.69, 9.17) is 17.3 Å². The van der Waals surface area contributed by atoms with Crippen LogP contribution < -0.4 is 5.73 Å². The van der Waals surface area contributed by atoms with Gasteiger partial charge >= 0.3 is 0 Å².